The van der Waals surface area contributed by atoms with Gasteiger partial charge in [-0.1, -0.05) is 6.92 Å². The molecule has 0 fully saturated rings. The SMILES string of the molecule is CCCOC(=O)C(C)(C)NP(=O)(CC#N)CO[C@H](C)Cn1cnc2c(N)ncnc21. The number of nitrogens with two attached hydrogens (primary N) is 1. The summed E-state index contributed by atoms with van der Waals surface area (Å²) in [7, 11) is -3.33. The fraction of sp³-hybridized carbons (Fsp3) is 0.611. The van der Waals surface area contributed by atoms with Crippen LogP contribution >= 0.6 is 7.29 Å². The first kappa shape index (κ1) is 23.7. The van der Waals surface area contributed by atoms with Crippen LogP contribution < -0.4 is 10.8 Å². The molecule has 2 aromatic rings. The zero-order valence-corrected chi connectivity index (χ0v) is 18.6. The summed E-state index contributed by atoms with van der Waals surface area (Å²) in [5, 5.41) is 11.9. The quantitative estimate of drug-likeness (QED) is 0.393. The standard InChI is InChI=1S/C18H28N7O4P/c1-5-7-28-17(26)18(3,4)24-30(27,8-6-19)12-29-13(2)9-25-11-23-14-15(20)21-10-22-16(14)25/h10-11,13H,5,7-9,12H2,1-4H3,(H,24,27)(H2,20,21,22)/t13-,30?/m1/s1. The Bertz CT molecular complexity index is 969. The lowest BCUT2D eigenvalue weighted by Crippen LogP contribution is -2.47. The second kappa shape index (κ2) is 9.98. The zero-order chi connectivity index (χ0) is 22.4. The summed E-state index contributed by atoms with van der Waals surface area (Å²) in [4.78, 5) is 24.5. The molecular formula is C18H28N7O4P. The Kier molecular flexibility index (Phi) is 7.89. The molecule has 0 aromatic carbocycles. The highest BCUT2D eigenvalue weighted by atomic mass is 31.2. The average Bonchev–Trinajstić information content (AvgIpc) is 3.08. The lowest BCUT2D eigenvalue weighted by Gasteiger charge is -2.29. The summed E-state index contributed by atoms with van der Waals surface area (Å²) in [5.74, 6) is -0.245. The Morgan fingerprint density at radius 1 is 1.43 bits per heavy atom. The number of anilines is 1. The van der Waals surface area contributed by atoms with Gasteiger partial charge >= 0.3 is 5.97 Å². The van der Waals surface area contributed by atoms with Crippen LogP contribution in [0.1, 0.15) is 34.1 Å². The van der Waals surface area contributed by atoms with Crippen LogP contribution in [0.4, 0.5) is 5.82 Å². The van der Waals surface area contributed by atoms with E-state index in [-0.39, 0.29) is 31.0 Å². The zero-order valence-electron chi connectivity index (χ0n) is 17.7. The molecule has 0 spiro atoms. The summed E-state index contributed by atoms with van der Waals surface area (Å²) < 4.78 is 25.9. The van der Waals surface area contributed by atoms with Crippen molar-refractivity contribution in [3.8, 4) is 6.07 Å². The van der Waals surface area contributed by atoms with Crippen molar-refractivity contribution in [2.75, 3.05) is 24.9 Å². The maximum atomic E-state index is 13.2. The molecule has 0 radical (unpaired) electrons. The van der Waals surface area contributed by atoms with E-state index in [0.29, 0.717) is 24.1 Å². The Morgan fingerprint density at radius 3 is 2.83 bits per heavy atom. The van der Waals surface area contributed by atoms with Gasteiger partial charge in [0.1, 0.15) is 29.9 Å². The number of ether oxygens (including phenoxy) is 2. The van der Waals surface area contributed by atoms with Gasteiger partial charge in [0.05, 0.1) is 31.7 Å². The lowest BCUT2D eigenvalue weighted by molar-refractivity contribution is -0.149. The maximum absolute atomic E-state index is 13.2. The van der Waals surface area contributed by atoms with Gasteiger partial charge in [0.25, 0.3) is 0 Å². The van der Waals surface area contributed by atoms with E-state index in [0.717, 1.165) is 0 Å². The van der Waals surface area contributed by atoms with Crippen molar-refractivity contribution in [2.24, 2.45) is 0 Å². The van der Waals surface area contributed by atoms with E-state index in [1.54, 1.807) is 31.7 Å². The van der Waals surface area contributed by atoms with Crippen LogP contribution in [0.3, 0.4) is 0 Å². The number of carbonyl (C=O) groups is 1. The third-order valence-corrected chi connectivity index (χ3v) is 6.39. The highest BCUT2D eigenvalue weighted by Gasteiger charge is 2.37. The summed E-state index contributed by atoms with van der Waals surface area (Å²) in [5.41, 5.74) is 5.63. The largest absolute Gasteiger partial charge is 0.464 e. The molecule has 0 aliphatic carbocycles. The molecule has 2 aromatic heterocycles. The highest BCUT2D eigenvalue weighted by molar-refractivity contribution is 7.62. The normalized spacial score (nSPS) is 14.8. The van der Waals surface area contributed by atoms with Crippen molar-refractivity contribution >= 4 is 30.2 Å². The number of nitriles is 1. The van der Waals surface area contributed by atoms with Crippen molar-refractivity contribution in [3.63, 3.8) is 0 Å². The van der Waals surface area contributed by atoms with Crippen molar-refractivity contribution in [2.45, 2.75) is 52.3 Å². The molecule has 1 unspecified atom stereocenters. The Morgan fingerprint density at radius 2 is 2.17 bits per heavy atom. The molecule has 3 N–H and O–H groups in total. The van der Waals surface area contributed by atoms with Crippen molar-refractivity contribution in [3.05, 3.63) is 12.7 Å². The summed E-state index contributed by atoms with van der Waals surface area (Å²) in [6.07, 6.45) is 2.75. The molecule has 30 heavy (non-hydrogen) atoms. The van der Waals surface area contributed by atoms with Gasteiger partial charge in [0, 0.05) is 0 Å². The Labute approximate surface area is 175 Å². The van der Waals surface area contributed by atoms with Gasteiger partial charge in [-0.3, -0.25) is 4.79 Å². The first-order valence-electron chi connectivity index (χ1n) is 9.56. The molecule has 12 heteroatoms. The topological polar surface area (TPSA) is 158 Å². The van der Waals surface area contributed by atoms with Crippen LogP contribution in [0.2, 0.25) is 0 Å². The van der Waals surface area contributed by atoms with Gasteiger partial charge in [0.2, 0.25) is 0 Å². The van der Waals surface area contributed by atoms with Crippen LogP contribution in [0.5, 0.6) is 0 Å². The Hall–Kier alpha value is -2.54. The predicted octanol–water partition coefficient (Wildman–Crippen LogP) is 1.89. The van der Waals surface area contributed by atoms with Crippen LogP contribution in [-0.2, 0) is 25.4 Å². The molecule has 0 saturated carbocycles. The molecular weight excluding hydrogens is 409 g/mol. The molecule has 2 rings (SSSR count). The monoisotopic (exact) mass is 437 g/mol. The van der Waals surface area contributed by atoms with Crippen LogP contribution in [-0.4, -0.2) is 56.2 Å². The number of nitrogens with zero attached hydrogens (tertiary/aromatic N) is 5. The fourth-order valence-electron chi connectivity index (χ4n) is 2.77. The van der Waals surface area contributed by atoms with Crippen molar-refractivity contribution in [1.82, 2.24) is 24.6 Å². The molecule has 2 heterocycles. The number of nitrogens with one attached hydrogen (secondary N) is 1. The molecule has 2 atom stereocenters. The number of rotatable bonds is 11. The van der Waals surface area contributed by atoms with Crippen LogP contribution in [0.15, 0.2) is 12.7 Å². The smallest absolute Gasteiger partial charge is 0.326 e. The van der Waals surface area contributed by atoms with Gasteiger partial charge in [-0.05, 0) is 27.2 Å². The minimum Gasteiger partial charge on any atom is -0.464 e. The minimum atomic E-state index is -3.33. The number of fused-ring (bicyclic) bond motifs is 1. The van der Waals surface area contributed by atoms with Gasteiger partial charge in [-0.15, -0.1) is 0 Å². The number of nitrogen functional groups attached to an aromatic ring is 1. The molecule has 0 saturated heterocycles. The van der Waals surface area contributed by atoms with Crippen molar-refractivity contribution in [1.29, 1.82) is 5.26 Å². The van der Waals surface area contributed by atoms with E-state index in [1.807, 2.05) is 13.0 Å². The predicted molar refractivity (Wildman–Crippen MR) is 112 cm³/mol. The maximum Gasteiger partial charge on any atom is 0.326 e. The van der Waals surface area contributed by atoms with E-state index < -0.39 is 18.8 Å². The summed E-state index contributed by atoms with van der Waals surface area (Å²) in [6.45, 7) is 7.47. The van der Waals surface area contributed by atoms with Crippen LogP contribution in [0.25, 0.3) is 11.2 Å². The third-order valence-electron chi connectivity index (χ3n) is 4.21. The van der Waals surface area contributed by atoms with E-state index in [1.165, 1.54) is 6.33 Å². The molecule has 164 valence electrons. The highest BCUT2D eigenvalue weighted by Crippen LogP contribution is 2.43. The molecule has 0 bridgehead atoms. The summed E-state index contributed by atoms with van der Waals surface area (Å²) >= 11 is 0. The molecule has 0 amide bonds. The first-order chi connectivity index (χ1) is 14.1. The molecule has 11 nitrogen and oxygen atoms in total. The fourth-order valence-corrected chi connectivity index (χ4v) is 4.84. The molecule has 0 aliphatic rings. The average molecular weight is 437 g/mol. The second-order valence-electron chi connectivity index (χ2n) is 7.51. The van der Waals surface area contributed by atoms with Gasteiger partial charge in [-0.2, -0.15) is 5.26 Å². The van der Waals surface area contributed by atoms with E-state index >= 15 is 0 Å². The van der Waals surface area contributed by atoms with Gasteiger partial charge in [0.15, 0.2) is 18.8 Å². The number of imidazole rings is 1. The number of hydrogen-bond acceptors (Lipinski definition) is 9. The molecule has 0 aliphatic heterocycles. The number of aromatic nitrogens is 4. The van der Waals surface area contributed by atoms with E-state index in [9.17, 15) is 9.36 Å². The van der Waals surface area contributed by atoms with E-state index in [2.05, 4.69) is 20.0 Å². The van der Waals surface area contributed by atoms with Crippen LogP contribution in [0, 0.1) is 11.3 Å². The number of esters is 1. The van der Waals surface area contributed by atoms with E-state index in [4.69, 9.17) is 20.5 Å². The lowest BCUT2D eigenvalue weighted by atomic mass is 10.1. The number of hydrogen-bond donors (Lipinski definition) is 2. The summed E-state index contributed by atoms with van der Waals surface area (Å²) in [6, 6.07) is 1.91. The van der Waals surface area contributed by atoms with Crippen molar-refractivity contribution < 1.29 is 18.8 Å². The first-order valence-corrected chi connectivity index (χ1v) is 11.6. The van der Waals surface area contributed by atoms with Gasteiger partial charge < -0.3 is 24.3 Å². The Balaban J connectivity index is 2.03. The number of carbonyl (C=O) groups excluding carboxylic acids is 1. The second-order valence-corrected chi connectivity index (χ2v) is 10.1. The minimum absolute atomic E-state index is 0.212. The van der Waals surface area contributed by atoms with Gasteiger partial charge in [-0.25, -0.2) is 20.0 Å². The third kappa shape index (κ3) is 5.98.